The number of hydrogen-bond donors (Lipinski definition) is 0. The number of benzene rings is 1. The van der Waals surface area contributed by atoms with Crippen LogP contribution in [0.2, 0.25) is 0 Å². The lowest BCUT2D eigenvalue weighted by atomic mass is 10.2. The highest BCUT2D eigenvalue weighted by molar-refractivity contribution is 14.1. The topological polar surface area (TPSA) is 35.0 Å². The van der Waals surface area contributed by atoms with Crippen LogP contribution in [0.5, 0.6) is 5.88 Å². The first-order valence-electron chi connectivity index (χ1n) is 6.92. The molecule has 2 heterocycles. The molecule has 1 aromatic carbocycles. The van der Waals surface area contributed by atoms with E-state index in [9.17, 15) is 0 Å². The SMILES string of the molecule is CCCCOc1nc(-c2cccs2)nc2ccc(I)cc12. The van der Waals surface area contributed by atoms with E-state index in [0.29, 0.717) is 12.5 Å². The zero-order valence-electron chi connectivity index (χ0n) is 11.7. The van der Waals surface area contributed by atoms with Crippen LogP contribution in [0.25, 0.3) is 21.6 Å². The van der Waals surface area contributed by atoms with E-state index in [1.807, 2.05) is 23.6 Å². The van der Waals surface area contributed by atoms with Gasteiger partial charge in [-0.3, -0.25) is 0 Å². The van der Waals surface area contributed by atoms with Crippen molar-refractivity contribution in [3.05, 3.63) is 39.3 Å². The van der Waals surface area contributed by atoms with Gasteiger partial charge in [0.05, 0.1) is 22.4 Å². The fourth-order valence-electron chi connectivity index (χ4n) is 2.01. The molecule has 0 amide bonds. The Labute approximate surface area is 141 Å². The van der Waals surface area contributed by atoms with Gasteiger partial charge in [0, 0.05) is 3.57 Å². The number of hydrogen-bond acceptors (Lipinski definition) is 4. The molecule has 0 saturated carbocycles. The molecule has 0 radical (unpaired) electrons. The fourth-order valence-corrected chi connectivity index (χ4v) is 3.16. The van der Waals surface area contributed by atoms with Gasteiger partial charge in [-0.2, -0.15) is 4.98 Å². The molecule has 3 nitrogen and oxygen atoms in total. The average molecular weight is 410 g/mol. The lowest BCUT2D eigenvalue weighted by Crippen LogP contribution is -2.01. The number of aromatic nitrogens is 2. The Morgan fingerprint density at radius 3 is 2.90 bits per heavy atom. The van der Waals surface area contributed by atoms with Gasteiger partial charge in [-0.15, -0.1) is 11.3 Å². The first kappa shape index (κ1) is 14.7. The number of ether oxygens (including phenoxy) is 1. The molecule has 0 fully saturated rings. The molecular weight excluding hydrogens is 395 g/mol. The van der Waals surface area contributed by atoms with E-state index in [0.717, 1.165) is 38.0 Å². The van der Waals surface area contributed by atoms with Crippen LogP contribution in [0.4, 0.5) is 0 Å². The van der Waals surface area contributed by atoms with Crippen molar-refractivity contribution in [1.82, 2.24) is 9.97 Å². The van der Waals surface area contributed by atoms with Gasteiger partial charge < -0.3 is 4.74 Å². The Hall–Kier alpha value is -1.21. The monoisotopic (exact) mass is 410 g/mol. The molecular formula is C16H15IN2OS. The number of fused-ring (bicyclic) bond motifs is 1. The lowest BCUT2D eigenvalue weighted by Gasteiger charge is -2.09. The second-order valence-corrected chi connectivity index (χ2v) is 6.89. The quantitative estimate of drug-likeness (QED) is 0.432. The summed E-state index contributed by atoms with van der Waals surface area (Å²) in [4.78, 5) is 10.4. The number of rotatable bonds is 5. The summed E-state index contributed by atoms with van der Waals surface area (Å²) in [6.45, 7) is 2.85. The van der Waals surface area contributed by atoms with Crippen molar-refractivity contribution < 1.29 is 4.74 Å². The van der Waals surface area contributed by atoms with Gasteiger partial charge in [0.15, 0.2) is 5.82 Å². The van der Waals surface area contributed by atoms with Crippen LogP contribution in [0.3, 0.4) is 0 Å². The van der Waals surface area contributed by atoms with Crippen molar-refractivity contribution in [2.24, 2.45) is 0 Å². The fraction of sp³-hybridized carbons (Fsp3) is 0.250. The zero-order chi connectivity index (χ0) is 14.7. The molecule has 0 bridgehead atoms. The minimum absolute atomic E-state index is 0.690. The third kappa shape index (κ3) is 3.35. The smallest absolute Gasteiger partial charge is 0.225 e. The zero-order valence-corrected chi connectivity index (χ0v) is 14.6. The van der Waals surface area contributed by atoms with E-state index >= 15 is 0 Å². The molecule has 0 atom stereocenters. The molecule has 0 aliphatic rings. The molecule has 0 aliphatic heterocycles. The lowest BCUT2D eigenvalue weighted by molar-refractivity contribution is 0.301. The molecule has 3 rings (SSSR count). The minimum Gasteiger partial charge on any atom is -0.477 e. The Morgan fingerprint density at radius 1 is 1.24 bits per heavy atom. The summed E-state index contributed by atoms with van der Waals surface area (Å²) in [5, 5.41) is 3.02. The highest BCUT2D eigenvalue weighted by Crippen LogP contribution is 2.29. The number of unbranched alkanes of at least 4 members (excludes halogenated alkanes) is 1. The van der Waals surface area contributed by atoms with Crippen LogP contribution in [0, 0.1) is 3.57 Å². The van der Waals surface area contributed by atoms with E-state index in [2.05, 4.69) is 51.6 Å². The summed E-state index contributed by atoms with van der Waals surface area (Å²) in [7, 11) is 0. The van der Waals surface area contributed by atoms with E-state index in [1.165, 1.54) is 0 Å². The molecule has 0 aliphatic carbocycles. The molecule has 5 heteroatoms. The summed E-state index contributed by atoms with van der Waals surface area (Å²) in [5.41, 5.74) is 0.931. The third-order valence-corrected chi connectivity index (χ3v) is 4.64. The first-order valence-corrected chi connectivity index (χ1v) is 8.87. The highest BCUT2D eigenvalue weighted by Gasteiger charge is 2.11. The second-order valence-electron chi connectivity index (χ2n) is 4.69. The molecule has 2 aromatic heterocycles. The van der Waals surface area contributed by atoms with Gasteiger partial charge in [0.25, 0.3) is 0 Å². The summed E-state index contributed by atoms with van der Waals surface area (Å²) in [5.74, 6) is 1.43. The molecule has 0 saturated heterocycles. The molecule has 21 heavy (non-hydrogen) atoms. The van der Waals surface area contributed by atoms with Crippen LogP contribution in [-0.4, -0.2) is 16.6 Å². The average Bonchev–Trinajstić information content (AvgIpc) is 3.02. The minimum atomic E-state index is 0.690. The van der Waals surface area contributed by atoms with E-state index < -0.39 is 0 Å². The van der Waals surface area contributed by atoms with Crippen molar-refractivity contribution in [3.63, 3.8) is 0 Å². The molecule has 0 unspecified atom stereocenters. The summed E-state index contributed by atoms with van der Waals surface area (Å²) >= 11 is 3.94. The van der Waals surface area contributed by atoms with Gasteiger partial charge in [-0.1, -0.05) is 19.4 Å². The Kier molecular flexibility index (Phi) is 4.70. The van der Waals surface area contributed by atoms with Gasteiger partial charge >= 0.3 is 0 Å². The molecule has 108 valence electrons. The summed E-state index contributed by atoms with van der Waals surface area (Å²) in [6, 6.07) is 10.2. The van der Waals surface area contributed by atoms with Crippen LogP contribution >= 0.6 is 33.9 Å². The molecule has 0 spiro atoms. The first-order chi connectivity index (χ1) is 10.3. The van der Waals surface area contributed by atoms with Crippen LogP contribution in [0.15, 0.2) is 35.7 Å². The van der Waals surface area contributed by atoms with Gasteiger partial charge in [-0.05, 0) is 58.7 Å². The van der Waals surface area contributed by atoms with Gasteiger partial charge in [0.1, 0.15) is 0 Å². The van der Waals surface area contributed by atoms with Crippen LogP contribution in [-0.2, 0) is 0 Å². The Balaban J connectivity index is 2.09. The van der Waals surface area contributed by atoms with E-state index in [1.54, 1.807) is 11.3 Å². The molecule has 3 aromatic rings. The summed E-state index contributed by atoms with van der Waals surface area (Å²) < 4.78 is 7.06. The largest absolute Gasteiger partial charge is 0.477 e. The van der Waals surface area contributed by atoms with Crippen molar-refractivity contribution in [1.29, 1.82) is 0 Å². The predicted molar refractivity (Wildman–Crippen MR) is 96.0 cm³/mol. The number of thiophene rings is 1. The molecule has 0 N–H and O–H groups in total. The van der Waals surface area contributed by atoms with E-state index in [4.69, 9.17) is 4.74 Å². The van der Waals surface area contributed by atoms with Gasteiger partial charge in [-0.25, -0.2) is 4.98 Å². The Morgan fingerprint density at radius 2 is 2.14 bits per heavy atom. The van der Waals surface area contributed by atoms with Crippen molar-refractivity contribution >= 4 is 44.8 Å². The van der Waals surface area contributed by atoms with Crippen LogP contribution < -0.4 is 4.74 Å². The number of halogens is 1. The third-order valence-electron chi connectivity index (χ3n) is 3.10. The van der Waals surface area contributed by atoms with Crippen molar-refractivity contribution in [2.45, 2.75) is 19.8 Å². The van der Waals surface area contributed by atoms with Crippen molar-refractivity contribution in [2.75, 3.05) is 6.61 Å². The van der Waals surface area contributed by atoms with E-state index in [-0.39, 0.29) is 0 Å². The standard InChI is InChI=1S/C16H15IN2OS/c1-2-3-8-20-16-12-10-11(17)6-7-13(12)18-15(19-16)14-5-4-9-21-14/h4-7,9-10H,2-3,8H2,1H3. The van der Waals surface area contributed by atoms with Gasteiger partial charge in [0.2, 0.25) is 5.88 Å². The highest BCUT2D eigenvalue weighted by atomic mass is 127. The second kappa shape index (κ2) is 6.70. The van der Waals surface area contributed by atoms with Crippen LogP contribution in [0.1, 0.15) is 19.8 Å². The maximum Gasteiger partial charge on any atom is 0.225 e. The number of nitrogens with zero attached hydrogens (tertiary/aromatic N) is 2. The maximum atomic E-state index is 5.90. The summed E-state index contributed by atoms with van der Waals surface area (Å²) in [6.07, 6.45) is 2.14. The normalized spacial score (nSPS) is 11.0. The Bertz CT molecular complexity index is 743. The predicted octanol–water partition coefficient (Wildman–Crippen LogP) is 5.14. The van der Waals surface area contributed by atoms with Crippen molar-refractivity contribution in [3.8, 4) is 16.6 Å². The maximum absolute atomic E-state index is 5.90.